The van der Waals surface area contributed by atoms with Crippen LogP contribution >= 0.6 is 0 Å². The van der Waals surface area contributed by atoms with Gasteiger partial charge in [-0.3, -0.25) is 9.78 Å². The maximum absolute atomic E-state index is 10.6. The molecule has 0 unspecified atom stereocenters. The summed E-state index contributed by atoms with van der Waals surface area (Å²) < 4.78 is 4.54. The second-order valence-corrected chi connectivity index (χ2v) is 3.15. The summed E-state index contributed by atoms with van der Waals surface area (Å²) in [6.07, 6.45) is 4.16. The highest BCUT2D eigenvalue weighted by Gasteiger charge is 1.97. The number of carbonyl (C=O) groups excluding carboxylic acids is 1. The molecule has 0 aliphatic carbocycles. The van der Waals surface area contributed by atoms with E-state index in [9.17, 15) is 4.79 Å². The molecule has 0 aliphatic rings. The Hall–Kier alpha value is -1.74. The molecule has 2 aromatic rings. The summed E-state index contributed by atoms with van der Waals surface area (Å²) in [5.74, 6) is 0. The molecule has 1 aromatic heterocycles. The molecule has 0 bridgehead atoms. The Morgan fingerprint density at radius 2 is 2.00 bits per heavy atom. The van der Waals surface area contributed by atoms with Gasteiger partial charge in [0, 0.05) is 37.1 Å². The number of fused-ring (bicyclic) bond motifs is 1. The number of hydrogen-bond acceptors (Lipinski definition) is 3. The molecule has 16 heavy (non-hydrogen) atoms. The molecule has 2 rings (SSSR count). The first kappa shape index (κ1) is 12.3. The third-order valence-corrected chi connectivity index (χ3v) is 2.11. The Labute approximate surface area is 95.1 Å². The van der Waals surface area contributed by atoms with Crippen molar-refractivity contribution in [2.45, 2.75) is 6.92 Å². The van der Waals surface area contributed by atoms with Crippen molar-refractivity contribution < 1.29 is 9.53 Å². The van der Waals surface area contributed by atoms with Crippen LogP contribution in [0, 0.1) is 0 Å². The van der Waals surface area contributed by atoms with Gasteiger partial charge in [-0.1, -0.05) is 24.3 Å². The smallest absolute Gasteiger partial charge is 0.152 e. The number of ether oxygens (including phenoxy) is 1. The van der Waals surface area contributed by atoms with Crippen molar-refractivity contribution in [2.24, 2.45) is 0 Å². The first-order valence-corrected chi connectivity index (χ1v) is 5.10. The SMILES string of the molecule is CCOC.O=Cc1cncc2ccccc12. The Morgan fingerprint density at radius 3 is 2.62 bits per heavy atom. The second-order valence-electron chi connectivity index (χ2n) is 3.15. The van der Waals surface area contributed by atoms with Gasteiger partial charge in [-0.15, -0.1) is 0 Å². The van der Waals surface area contributed by atoms with Gasteiger partial charge in [0.25, 0.3) is 0 Å². The number of hydrogen-bond donors (Lipinski definition) is 0. The molecule has 0 N–H and O–H groups in total. The predicted molar refractivity (Wildman–Crippen MR) is 64.7 cm³/mol. The number of benzene rings is 1. The topological polar surface area (TPSA) is 39.2 Å². The first-order valence-electron chi connectivity index (χ1n) is 5.10. The highest BCUT2D eigenvalue weighted by Crippen LogP contribution is 2.14. The summed E-state index contributed by atoms with van der Waals surface area (Å²) in [5.41, 5.74) is 0.646. The van der Waals surface area contributed by atoms with Crippen LogP contribution in [0.25, 0.3) is 10.8 Å². The monoisotopic (exact) mass is 217 g/mol. The number of aromatic nitrogens is 1. The minimum atomic E-state index is 0.646. The van der Waals surface area contributed by atoms with Crippen molar-refractivity contribution in [3.8, 4) is 0 Å². The average molecular weight is 217 g/mol. The van der Waals surface area contributed by atoms with Gasteiger partial charge in [0.1, 0.15) is 0 Å². The van der Waals surface area contributed by atoms with Crippen LogP contribution in [0.15, 0.2) is 36.7 Å². The number of nitrogens with zero attached hydrogens (tertiary/aromatic N) is 1. The van der Waals surface area contributed by atoms with Crippen LogP contribution in [0.4, 0.5) is 0 Å². The van der Waals surface area contributed by atoms with E-state index in [0.29, 0.717) is 5.56 Å². The molecule has 0 amide bonds. The number of carbonyl (C=O) groups is 1. The number of aldehydes is 1. The van der Waals surface area contributed by atoms with Gasteiger partial charge in [-0.2, -0.15) is 0 Å². The van der Waals surface area contributed by atoms with Crippen LogP contribution in [0.5, 0.6) is 0 Å². The molecule has 0 saturated heterocycles. The molecule has 1 heterocycles. The van der Waals surface area contributed by atoms with E-state index in [1.165, 1.54) is 0 Å². The molecule has 0 atom stereocenters. The van der Waals surface area contributed by atoms with Crippen molar-refractivity contribution in [1.82, 2.24) is 4.98 Å². The fraction of sp³-hybridized carbons (Fsp3) is 0.231. The Morgan fingerprint density at radius 1 is 1.31 bits per heavy atom. The summed E-state index contributed by atoms with van der Waals surface area (Å²) in [7, 11) is 1.68. The van der Waals surface area contributed by atoms with Crippen LogP contribution in [-0.4, -0.2) is 25.0 Å². The van der Waals surface area contributed by atoms with E-state index in [0.717, 1.165) is 23.7 Å². The van der Waals surface area contributed by atoms with Crippen molar-refractivity contribution in [2.75, 3.05) is 13.7 Å². The van der Waals surface area contributed by atoms with Gasteiger partial charge < -0.3 is 4.74 Å². The van der Waals surface area contributed by atoms with Crippen molar-refractivity contribution in [3.05, 3.63) is 42.2 Å². The molecule has 3 heteroatoms. The van der Waals surface area contributed by atoms with Crippen LogP contribution in [0.3, 0.4) is 0 Å². The van der Waals surface area contributed by atoms with E-state index >= 15 is 0 Å². The molecule has 3 nitrogen and oxygen atoms in total. The minimum Gasteiger partial charge on any atom is -0.385 e. The zero-order valence-electron chi connectivity index (χ0n) is 9.51. The fourth-order valence-corrected chi connectivity index (χ4v) is 1.23. The molecular formula is C13H15NO2. The molecule has 1 aromatic carbocycles. The summed E-state index contributed by atoms with van der Waals surface area (Å²) >= 11 is 0. The van der Waals surface area contributed by atoms with E-state index in [1.54, 1.807) is 19.5 Å². The lowest BCUT2D eigenvalue weighted by molar-refractivity contribution is 0.112. The van der Waals surface area contributed by atoms with Gasteiger partial charge in [0.2, 0.25) is 0 Å². The molecule has 0 radical (unpaired) electrons. The Kier molecular flexibility index (Phi) is 5.16. The van der Waals surface area contributed by atoms with Crippen LogP contribution in [0.1, 0.15) is 17.3 Å². The third-order valence-electron chi connectivity index (χ3n) is 2.11. The Bertz CT molecular complexity index is 447. The summed E-state index contributed by atoms with van der Waals surface area (Å²) in [6.45, 7) is 2.78. The summed E-state index contributed by atoms with van der Waals surface area (Å²) in [4.78, 5) is 14.5. The van der Waals surface area contributed by atoms with Crippen molar-refractivity contribution in [1.29, 1.82) is 0 Å². The number of pyridine rings is 1. The largest absolute Gasteiger partial charge is 0.385 e. The van der Waals surface area contributed by atoms with E-state index in [2.05, 4.69) is 9.72 Å². The lowest BCUT2D eigenvalue weighted by atomic mass is 10.1. The molecule has 0 saturated carbocycles. The number of methoxy groups -OCH3 is 1. The fourth-order valence-electron chi connectivity index (χ4n) is 1.23. The van der Waals surface area contributed by atoms with Gasteiger partial charge in [0.15, 0.2) is 6.29 Å². The summed E-state index contributed by atoms with van der Waals surface area (Å²) in [5, 5.41) is 1.96. The first-order chi connectivity index (χ1) is 7.83. The third kappa shape index (κ3) is 3.14. The maximum atomic E-state index is 10.6. The molecule has 84 valence electrons. The maximum Gasteiger partial charge on any atom is 0.152 e. The molecule has 0 fully saturated rings. The molecule has 0 aliphatic heterocycles. The molecular weight excluding hydrogens is 202 g/mol. The van der Waals surface area contributed by atoms with E-state index in [1.807, 2.05) is 31.2 Å². The summed E-state index contributed by atoms with van der Waals surface area (Å²) in [6, 6.07) is 7.70. The van der Waals surface area contributed by atoms with E-state index in [-0.39, 0.29) is 0 Å². The quantitative estimate of drug-likeness (QED) is 0.726. The minimum absolute atomic E-state index is 0.646. The van der Waals surface area contributed by atoms with Gasteiger partial charge in [-0.05, 0) is 12.3 Å². The lowest BCUT2D eigenvalue weighted by Crippen LogP contribution is -1.84. The lowest BCUT2D eigenvalue weighted by Gasteiger charge is -1.97. The van der Waals surface area contributed by atoms with Crippen LogP contribution in [-0.2, 0) is 4.74 Å². The zero-order chi connectivity index (χ0) is 11.8. The highest BCUT2D eigenvalue weighted by atomic mass is 16.5. The second kappa shape index (κ2) is 6.69. The highest BCUT2D eigenvalue weighted by molar-refractivity contribution is 5.97. The average Bonchev–Trinajstić information content (AvgIpc) is 2.38. The predicted octanol–water partition coefficient (Wildman–Crippen LogP) is 2.70. The Balaban J connectivity index is 0.000000280. The zero-order valence-corrected chi connectivity index (χ0v) is 9.51. The van der Waals surface area contributed by atoms with Gasteiger partial charge >= 0.3 is 0 Å². The van der Waals surface area contributed by atoms with Crippen LogP contribution in [0.2, 0.25) is 0 Å². The van der Waals surface area contributed by atoms with E-state index < -0.39 is 0 Å². The molecule has 0 spiro atoms. The van der Waals surface area contributed by atoms with Gasteiger partial charge in [-0.25, -0.2) is 0 Å². The standard InChI is InChI=1S/C10H7NO.C3H8O/c12-7-9-6-11-5-8-3-1-2-4-10(8)9;1-3-4-2/h1-7H;3H2,1-2H3. The van der Waals surface area contributed by atoms with Gasteiger partial charge in [0.05, 0.1) is 0 Å². The van der Waals surface area contributed by atoms with E-state index in [4.69, 9.17) is 0 Å². The van der Waals surface area contributed by atoms with Crippen LogP contribution < -0.4 is 0 Å². The van der Waals surface area contributed by atoms with Crippen molar-refractivity contribution >= 4 is 17.1 Å². The normalized spacial score (nSPS) is 9.38. The number of rotatable bonds is 2. The van der Waals surface area contributed by atoms with Crippen molar-refractivity contribution in [3.63, 3.8) is 0 Å².